The van der Waals surface area contributed by atoms with Crippen LogP contribution in [0.2, 0.25) is 0 Å². The number of alkyl halides is 1. The summed E-state index contributed by atoms with van der Waals surface area (Å²) in [4.78, 5) is 1.35. The fourth-order valence-corrected chi connectivity index (χ4v) is 5.93. The van der Waals surface area contributed by atoms with E-state index >= 15 is 0 Å². The van der Waals surface area contributed by atoms with E-state index in [1.807, 2.05) is 23.5 Å². The van der Waals surface area contributed by atoms with Gasteiger partial charge in [0.25, 0.3) is 0 Å². The van der Waals surface area contributed by atoms with Gasteiger partial charge in [0, 0.05) is 30.9 Å². The minimum absolute atomic E-state index is 0.288. The molecule has 0 saturated carbocycles. The molecule has 0 saturated heterocycles. The summed E-state index contributed by atoms with van der Waals surface area (Å²) < 4.78 is 7.72. The summed E-state index contributed by atoms with van der Waals surface area (Å²) in [5.74, 6) is 1.66. The number of ether oxygens (including phenoxy) is 1. The highest BCUT2D eigenvalue weighted by atomic mass is 127. The molecule has 0 bridgehead atoms. The lowest BCUT2D eigenvalue weighted by Gasteiger charge is -2.11. The van der Waals surface area contributed by atoms with Gasteiger partial charge in [-0.05, 0) is 70.8 Å². The smallest absolute Gasteiger partial charge is 0.149 e. The molecule has 2 heterocycles. The number of thiophene rings is 1. The quantitative estimate of drug-likeness (QED) is 0.170. The Bertz CT molecular complexity index is 1380. The molecule has 166 valence electrons. The normalized spacial score (nSPS) is 12.2. The van der Waals surface area contributed by atoms with Crippen molar-refractivity contribution in [3.63, 3.8) is 0 Å². The minimum atomic E-state index is 0.288. The van der Waals surface area contributed by atoms with Crippen molar-refractivity contribution in [1.82, 2.24) is 20.6 Å². The van der Waals surface area contributed by atoms with Crippen LogP contribution < -0.4 is 4.74 Å². The van der Waals surface area contributed by atoms with E-state index in [0.29, 0.717) is 6.61 Å². The maximum atomic E-state index is 6.12. The summed E-state index contributed by atoms with van der Waals surface area (Å²) in [5.41, 5.74) is 6.34. The Morgan fingerprint density at radius 2 is 1.85 bits per heavy atom. The second-order valence-electron chi connectivity index (χ2n) is 8.06. The number of nitrogens with zero attached hydrogens (tertiary/aromatic N) is 3. The highest BCUT2D eigenvalue weighted by Crippen LogP contribution is 2.40. The van der Waals surface area contributed by atoms with Crippen LogP contribution in [-0.2, 0) is 13.0 Å². The maximum Gasteiger partial charge on any atom is 0.149 e. The fraction of sp³-hybridized carbons (Fsp3) is 0.192. The van der Waals surface area contributed by atoms with Gasteiger partial charge in [-0.15, -0.1) is 16.4 Å². The van der Waals surface area contributed by atoms with Crippen molar-refractivity contribution in [2.24, 2.45) is 0 Å². The van der Waals surface area contributed by atoms with Gasteiger partial charge in [0.2, 0.25) is 0 Å². The molecule has 0 spiro atoms. The number of tetrazole rings is 1. The molecule has 0 aliphatic carbocycles. The Morgan fingerprint density at radius 1 is 1.03 bits per heavy atom. The number of halogens is 1. The summed E-state index contributed by atoms with van der Waals surface area (Å²) >= 11 is 4.27. The van der Waals surface area contributed by atoms with Gasteiger partial charge in [0.1, 0.15) is 18.2 Å². The first kappa shape index (κ1) is 22.0. The van der Waals surface area contributed by atoms with Crippen molar-refractivity contribution in [3.8, 4) is 16.9 Å². The van der Waals surface area contributed by atoms with E-state index in [2.05, 4.69) is 112 Å². The van der Waals surface area contributed by atoms with Crippen LogP contribution in [0, 0.1) is 13.8 Å². The number of hydrogen-bond donors (Lipinski definition) is 1. The summed E-state index contributed by atoms with van der Waals surface area (Å²) in [6.07, 6.45) is 0.761. The second kappa shape index (κ2) is 9.61. The Labute approximate surface area is 210 Å². The number of nitrogens with one attached hydrogen (secondary N) is 1. The van der Waals surface area contributed by atoms with Crippen LogP contribution in [0.3, 0.4) is 0 Å². The monoisotopic (exact) mass is 566 g/mol. The first-order valence-corrected chi connectivity index (χ1v) is 12.8. The molecule has 5 rings (SSSR count). The molecule has 0 fully saturated rings. The molecule has 2 aromatic heterocycles. The van der Waals surface area contributed by atoms with Gasteiger partial charge in [-0.2, -0.15) is 0 Å². The van der Waals surface area contributed by atoms with Gasteiger partial charge in [0.15, 0.2) is 0 Å². The van der Waals surface area contributed by atoms with Crippen molar-refractivity contribution in [3.05, 3.63) is 94.1 Å². The van der Waals surface area contributed by atoms with Crippen LogP contribution in [0.5, 0.6) is 5.75 Å². The van der Waals surface area contributed by atoms with E-state index in [4.69, 9.17) is 4.74 Å². The molecule has 5 nitrogen and oxygen atoms in total. The highest BCUT2D eigenvalue weighted by Gasteiger charge is 2.14. The van der Waals surface area contributed by atoms with Crippen molar-refractivity contribution < 1.29 is 4.74 Å². The van der Waals surface area contributed by atoms with Gasteiger partial charge in [0.05, 0.1) is 0 Å². The van der Waals surface area contributed by atoms with Crippen LogP contribution in [0.25, 0.3) is 21.2 Å². The molecule has 7 heteroatoms. The first-order chi connectivity index (χ1) is 16.1. The Morgan fingerprint density at radius 3 is 2.61 bits per heavy atom. The average molecular weight is 566 g/mol. The second-order valence-corrected chi connectivity index (χ2v) is 10.8. The molecule has 5 aromatic rings. The highest BCUT2D eigenvalue weighted by molar-refractivity contribution is 14.1. The number of aromatic nitrogens is 4. The maximum absolute atomic E-state index is 6.12. The van der Waals surface area contributed by atoms with E-state index in [9.17, 15) is 0 Å². The van der Waals surface area contributed by atoms with Gasteiger partial charge in [-0.1, -0.05) is 65.1 Å². The zero-order valence-corrected chi connectivity index (χ0v) is 21.4. The molecule has 33 heavy (non-hydrogen) atoms. The topological polar surface area (TPSA) is 63.7 Å². The van der Waals surface area contributed by atoms with Crippen molar-refractivity contribution in [1.29, 1.82) is 0 Å². The van der Waals surface area contributed by atoms with Crippen molar-refractivity contribution in [2.45, 2.75) is 30.8 Å². The predicted octanol–water partition coefficient (Wildman–Crippen LogP) is 7.00. The summed E-state index contributed by atoms with van der Waals surface area (Å²) in [7, 11) is 0. The van der Waals surface area contributed by atoms with Crippen molar-refractivity contribution >= 4 is 44.0 Å². The number of benzene rings is 3. The predicted molar refractivity (Wildman–Crippen MR) is 142 cm³/mol. The third-order valence-electron chi connectivity index (χ3n) is 5.75. The zero-order chi connectivity index (χ0) is 22.8. The molecule has 1 atom stereocenters. The molecule has 0 unspecified atom stereocenters. The first-order valence-electron chi connectivity index (χ1n) is 10.8. The van der Waals surface area contributed by atoms with Gasteiger partial charge in [-0.25, -0.2) is 5.10 Å². The van der Waals surface area contributed by atoms with Crippen LogP contribution in [-0.4, -0.2) is 20.6 Å². The van der Waals surface area contributed by atoms with Crippen LogP contribution in [0.1, 0.15) is 31.3 Å². The fourth-order valence-electron chi connectivity index (χ4n) is 4.04. The van der Waals surface area contributed by atoms with E-state index in [1.54, 1.807) is 0 Å². The minimum Gasteiger partial charge on any atom is -0.489 e. The number of fused-ring (bicyclic) bond motifs is 1. The molecular formula is C26H23IN4OS. The number of rotatable bonds is 7. The number of aromatic amines is 1. The molecule has 0 amide bonds. The van der Waals surface area contributed by atoms with E-state index in [-0.39, 0.29) is 3.92 Å². The molecular weight excluding hydrogens is 543 g/mol. The lowest BCUT2D eigenvalue weighted by atomic mass is 9.97. The molecule has 3 aromatic carbocycles. The standard InChI is InChI=1S/C26H23IN4OS/c1-16-5-3-4-6-21(16)26-17(2)33-24-12-7-18(13-22(24)26)15-32-20-10-8-19(9-11-20)23(27)14-25-28-30-31-29-25/h3-13,23H,14-15H2,1-2H3,(H,28,29,30,31)/t23-/m0/s1. The lowest BCUT2D eigenvalue weighted by molar-refractivity contribution is 0.306. The Hall–Kier alpha value is -2.78. The Kier molecular flexibility index (Phi) is 6.41. The van der Waals surface area contributed by atoms with E-state index in [0.717, 1.165) is 18.0 Å². The molecule has 1 N–H and O–H groups in total. The summed E-state index contributed by atoms with van der Waals surface area (Å²) in [6, 6.07) is 23.6. The molecule has 0 aliphatic rings. The third kappa shape index (κ3) is 4.79. The van der Waals surface area contributed by atoms with E-state index in [1.165, 1.54) is 42.8 Å². The van der Waals surface area contributed by atoms with E-state index < -0.39 is 0 Å². The molecule has 0 aliphatic heterocycles. The Balaban J connectivity index is 1.32. The van der Waals surface area contributed by atoms with Crippen LogP contribution >= 0.6 is 33.9 Å². The third-order valence-corrected chi connectivity index (χ3v) is 8.00. The van der Waals surface area contributed by atoms with Gasteiger partial charge < -0.3 is 4.74 Å². The van der Waals surface area contributed by atoms with Gasteiger partial charge >= 0.3 is 0 Å². The number of hydrogen-bond acceptors (Lipinski definition) is 5. The largest absolute Gasteiger partial charge is 0.489 e. The SMILES string of the molecule is Cc1ccccc1-c1c(C)sc2ccc(COc3ccc([C@@H](I)Cc4nnn[nH]4)cc3)cc12. The zero-order valence-electron chi connectivity index (χ0n) is 18.4. The van der Waals surface area contributed by atoms with Crippen LogP contribution in [0.4, 0.5) is 0 Å². The average Bonchev–Trinajstić information content (AvgIpc) is 3.45. The number of H-pyrrole nitrogens is 1. The van der Waals surface area contributed by atoms with Gasteiger partial charge in [-0.3, -0.25) is 0 Å². The number of aryl methyl sites for hydroxylation is 2. The molecule has 0 radical (unpaired) electrons. The van der Waals surface area contributed by atoms with Crippen molar-refractivity contribution in [2.75, 3.05) is 0 Å². The summed E-state index contributed by atoms with van der Waals surface area (Å²) in [6.45, 7) is 4.93. The lowest BCUT2D eigenvalue weighted by Crippen LogP contribution is -1.99. The summed E-state index contributed by atoms with van der Waals surface area (Å²) in [5, 5.41) is 15.4. The van der Waals surface area contributed by atoms with Crippen LogP contribution in [0.15, 0.2) is 66.7 Å².